The van der Waals surface area contributed by atoms with E-state index in [0.717, 1.165) is 11.4 Å². The summed E-state index contributed by atoms with van der Waals surface area (Å²) in [7, 11) is -3.79. The van der Waals surface area contributed by atoms with Crippen molar-refractivity contribution in [2.24, 2.45) is 5.14 Å². The van der Waals surface area contributed by atoms with E-state index >= 15 is 0 Å². The lowest BCUT2D eigenvalue weighted by Gasteiger charge is -2.16. The zero-order valence-corrected chi connectivity index (χ0v) is 19.9. The number of sulfonamides is 1. The van der Waals surface area contributed by atoms with Crippen molar-refractivity contribution in [3.05, 3.63) is 70.5 Å². The van der Waals surface area contributed by atoms with Crippen LogP contribution in [0.3, 0.4) is 0 Å². The second-order valence-corrected chi connectivity index (χ2v) is 9.61. The fraction of sp³-hybridized carbons (Fsp3) is 0.227. The van der Waals surface area contributed by atoms with Crippen LogP contribution in [-0.4, -0.2) is 30.0 Å². The summed E-state index contributed by atoms with van der Waals surface area (Å²) >= 11 is 6.31. The summed E-state index contributed by atoms with van der Waals surface area (Å²) in [4.78, 5) is 24.9. The third-order valence-corrected chi connectivity index (χ3v) is 6.16. The number of anilines is 2. The first-order valence-electron chi connectivity index (χ1n) is 9.99. The van der Waals surface area contributed by atoms with Crippen LogP contribution in [0.5, 0.6) is 0 Å². The van der Waals surface area contributed by atoms with Crippen LogP contribution in [-0.2, 0) is 26.0 Å². The molecule has 0 bridgehead atoms. The Balaban J connectivity index is 1.62. The van der Waals surface area contributed by atoms with Crippen LogP contribution in [0.4, 0.5) is 11.4 Å². The number of aromatic nitrogens is 2. The Morgan fingerprint density at radius 2 is 1.76 bits per heavy atom. The maximum atomic E-state index is 12.6. The highest BCUT2D eigenvalue weighted by atomic mass is 35.5. The maximum absolute atomic E-state index is 12.6. The van der Waals surface area contributed by atoms with Crippen molar-refractivity contribution in [3.8, 4) is 0 Å². The molecule has 2 aromatic carbocycles. The third-order valence-electron chi connectivity index (χ3n) is 4.92. The number of carbonyl (C=O) groups is 2. The van der Waals surface area contributed by atoms with Gasteiger partial charge in [0.25, 0.3) is 0 Å². The first-order valence-corrected chi connectivity index (χ1v) is 11.9. The van der Waals surface area contributed by atoms with Gasteiger partial charge in [0, 0.05) is 11.4 Å². The van der Waals surface area contributed by atoms with Crippen LogP contribution < -0.4 is 15.8 Å². The molecule has 1 heterocycles. The fourth-order valence-corrected chi connectivity index (χ4v) is 4.01. The molecule has 0 aliphatic heterocycles. The van der Waals surface area contributed by atoms with Gasteiger partial charge in [-0.1, -0.05) is 23.7 Å². The molecular weight excluding hydrogens is 466 g/mol. The molecule has 1 unspecified atom stereocenters. The molecule has 9 nitrogen and oxygen atoms in total. The average Bonchev–Trinajstić information content (AvgIpc) is 3.07. The van der Waals surface area contributed by atoms with E-state index in [-0.39, 0.29) is 28.2 Å². The Morgan fingerprint density at radius 3 is 2.30 bits per heavy atom. The minimum absolute atomic E-state index is 0.0248. The summed E-state index contributed by atoms with van der Waals surface area (Å²) in [6, 6.07) is 11.9. The van der Waals surface area contributed by atoms with E-state index in [4.69, 9.17) is 16.7 Å². The Labute approximate surface area is 197 Å². The average molecular weight is 490 g/mol. The topological polar surface area (TPSA) is 136 Å². The Bertz CT molecular complexity index is 1300. The van der Waals surface area contributed by atoms with Crippen LogP contribution in [0, 0.1) is 13.8 Å². The van der Waals surface area contributed by atoms with Crippen molar-refractivity contribution in [2.45, 2.75) is 38.1 Å². The Hall–Kier alpha value is -3.21. The van der Waals surface area contributed by atoms with Crippen LogP contribution in [0.2, 0.25) is 5.02 Å². The van der Waals surface area contributed by atoms with Crippen LogP contribution in [0.15, 0.2) is 53.4 Å². The molecule has 2 amide bonds. The summed E-state index contributed by atoms with van der Waals surface area (Å²) in [5.74, 6) is -0.591. The van der Waals surface area contributed by atoms with Crippen LogP contribution in [0.1, 0.15) is 29.9 Å². The second-order valence-electron chi connectivity index (χ2n) is 7.65. The highest BCUT2D eigenvalue weighted by Gasteiger charge is 2.19. The Morgan fingerprint density at radius 1 is 1.09 bits per heavy atom. The molecule has 0 aliphatic rings. The standard InChI is InChI=1S/C22H24ClN5O4S/c1-13-10-14(2)28(27-13)15(3)22(30)26-20-9-6-17(12-19(20)23)25-21(29)11-16-4-7-18(8-5-16)33(24,31)32/h4-10,12,15H,11H2,1-3H3,(H,25,29)(H,26,30)(H2,24,31,32). The van der Waals surface area contributed by atoms with Crippen molar-refractivity contribution in [2.75, 3.05) is 10.6 Å². The molecule has 0 saturated carbocycles. The lowest BCUT2D eigenvalue weighted by Crippen LogP contribution is -2.25. The van der Waals surface area contributed by atoms with Crippen molar-refractivity contribution >= 4 is 44.8 Å². The SMILES string of the molecule is Cc1cc(C)n(C(C)C(=O)Nc2ccc(NC(=O)Cc3ccc(S(N)(=O)=O)cc3)cc2Cl)n1. The molecule has 1 atom stereocenters. The molecule has 0 spiro atoms. The number of hydrogen-bond acceptors (Lipinski definition) is 5. The van der Waals surface area contributed by atoms with E-state index in [1.807, 2.05) is 19.9 Å². The van der Waals surface area contributed by atoms with Crippen LogP contribution in [0.25, 0.3) is 0 Å². The molecule has 3 aromatic rings. The molecule has 174 valence electrons. The molecule has 0 radical (unpaired) electrons. The number of carbonyl (C=O) groups excluding carboxylic acids is 2. The quantitative estimate of drug-likeness (QED) is 0.468. The first-order chi connectivity index (χ1) is 15.4. The number of nitrogens with one attached hydrogen (secondary N) is 2. The summed E-state index contributed by atoms with van der Waals surface area (Å²) in [6.45, 7) is 5.48. The van der Waals surface area contributed by atoms with E-state index in [0.29, 0.717) is 16.9 Å². The zero-order valence-electron chi connectivity index (χ0n) is 18.3. The predicted octanol–water partition coefficient (Wildman–Crippen LogP) is 3.18. The number of amides is 2. The Kier molecular flexibility index (Phi) is 7.21. The number of hydrogen-bond donors (Lipinski definition) is 3. The second kappa shape index (κ2) is 9.74. The van der Waals surface area contributed by atoms with Crippen molar-refractivity contribution in [1.29, 1.82) is 0 Å². The molecule has 0 aliphatic carbocycles. The normalized spacial score (nSPS) is 12.3. The fourth-order valence-electron chi connectivity index (χ4n) is 3.27. The molecule has 11 heteroatoms. The third kappa shape index (κ3) is 6.19. The van der Waals surface area contributed by atoms with Gasteiger partial charge in [-0.05, 0) is 62.7 Å². The summed E-state index contributed by atoms with van der Waals surface area (Å²) in [6.07, 6.45) is 0.0289. The highest BCUT2D eigenvalue weighted by Crippen LogP contribution is 2.27. The van der Waals surface area contributed by atoms with Gasteiger partial charge >= 0.3 is 0 Å². The first kappa shape index (κ1) is 24.4. The molecule has 0 saturated heterocycles. The number of benzene rings is 2. The van der Waals surface area contributed by atoms with Gasteiger partial charge in [0.1, 0.15) is 6.04 Å². The minimum atomic E-state index is -3.79. The zero-order chi connectivity index (χ0) is 24.3. The number of rotatable bonds is 7. The lowest BCUT2D eigenvalue weighted by molar-refractivity contribution is -0.119. The van der Waals surface area contributed by atoms with E-state index in [1.54, 1.807) is 23.7 Å². The minimum Gasteiger partial charge on any atom is -0.326 e. The van der Waals surface area contributed by atoms with E-state index in [2.05, 4.69) is 15.7 Å². The van der Waals surface area contributed by atoms with Crippen molar-refractivity contribution in [1.82, 2.24) is 9.78 Å². The van der Waals surface area contributed by atoms with Crippen molar-refractivity contribution in [3.63, 3.8) is 0 Å². The largest absolute Gasteiger partial charge is 0.326 e. The highest BCUT2D eigenvalue weighted by molar-refractivity contribution is 7.89. The van der Waals surface area contributed by atoms with Crippen LogP contribution >= 0.6 is 11.6 Å². The maximum Gasteiger partial charge on any atom is 0.248 e. The smallest absolute Gasteiger partial charge is 0.248 e. The number of aryl methyl sites for hydroxylation is 2. The van der Waals surface area contributed by atoms with E-state index in [9.17, 15) is 18.0 Å². The van der Waals surface area contributed by atoms with E-state index in [1.165, 1.54) is 30.3 Å². The molecule has 3 rings (SSSR count). The van der Waals surface area contributed by atoms with Gasteiger partial charge in [-0.15, -0.1) is 0 Å². The van der Waals surface area contributed by atoms with Gasteiger partial charge < -0.3 is 10.6 Å². The van der Waals surface area contributed by atoms with Gasteiger partial charge in [-0.2, -0.15) is 5.10 Å². The molecule has 4 N–H and O–H groups in total. The van der Waals surface area contributed by atoms with Gasteiger partial charge in [0.2, 0.25) is 21.8 Å². The summed E-state index contributed by atoms with van der Waals surface area (Å²) in [5.41, 5.74) is 3.18. The van der Waals surface area contributed by atoms with Gasteiger partial charge in [-0.25, -0.2) is 13.6 Å². The number of primary sulfonamides is 1. The number of nitrogens with two attached hydrogens (primary N) is 1. The molecule has 1 aromatic heterocycles. The van der Waals surface area contributed by atoms with Gasteiger partial charge in [0.05, 0.1) is 27.7 Å². The summed E-state index contributed by atoms with van der Waals surface area (Å²) in [5, 5.41) is 15.2. The molecular formula is C22H24ClN5O4S. The van der Waals surface area contributed by atoms with Crippen molar-refractivity contribution < 1.29 is 18.0 Å². The summed E-state index contributed by atoms with van der Waals surface area (Å²) < 4.78 is 24.3. The van der Waals surface area contributed by atoms with E-state index < -0.39 is 16.1 Å². The number of nitrogens with zero attached hydrogens (tertiary/aromatic N) is 2. The predicted molar refractivity (Wildman–Crippen MR) is 127 cm³/mol. The van der Waals surface area contributed by atoms with Gasteiger partial charge in [0.15, 0.2) is 0 Å². The van der Waals surface area contributed by atoms with Gasteiger partial charge in [-0.3, -0.25) is 14.3 Å². The molecule has 33 heavy (non-hydrogen) atoms. The molecule has 0 fully saturated rings. The monoisotopic (exact) mass is 489 g/mol. The number of halogens is 1. The lowest BCUT2D eigenvalue weighted by atomic mass is 10.1.